The minimum absolute atomic E-state index is 0.357. The monoisotopic (exact) mass is 243 g/mol. The van der Waals surface area contributed by atoms with Gasteiger partial charge in [0.25, 0.3) is 0 Å². The predicted molar refractivity (Wildman–Crippen MR) is 74.5 cm³/mol. The number of rotatable bonds is 6. The molecule has 0 spiro atoms. The number of imidazole rings is 1. The standard InChI is InChI=1S/C15H21N3/c1-2-6-15-17-9-10-18(15)12-14(11-16)13-7-4-3-5-8-13/h3-5,7-10,14H,2,6,11-12,16H2,1H3. The van der Waals surface area contributed by atoms with Crippen molar-refractivity contribution < 1.29 is 0 Å². The van der Waals surface area contributed by atoms with Gasteiger partial charge in [-0.1, -0.05) is 37.3 Å². The van der Waals surface area contributed by atoms with Gasteiger partial charge in [-0.3, -0.25) is 0 Å². The molecule has 0 aliphatic rings. The third-order valence-electron chi connectivity index (χ3n) is 3.25. The lowest BCUT2D eigenvalue weighted by atomic mass is 9.99. The first-order valence-corrected chi connectivity index (χ1v) is 6.60. The van der Waals surface area contributed by atoms with E-state index < -0.39 is 0 Å². The third kappa shape index (κ3) is 2.99. The molecule has 1 unspecified atom stereocenters. The highest BCUT2D eigenvalue weighted by atomic mass is 15.1. The predicted octanol–water partition coefficient (Wildman–Crippen LogP) is 2.58. The van der Waals surface area contributed by atoms with Crippen molar-refractivity contribution in [1.29, 1.82) is 0 Å². The van der Waals surface area contributed by atoms with Gasteiger partial charge >= 0.3 is 0 Å². The zero-order valence-corrected chi connectivity index (χ0v) is 10.9. The molecule has 1 aromatic carbocycles. The first kappa shape index (κ1) is 12.8. The Bertz CT molecular complexity index is 462. The highest BCUT2D eigenvalue weighted by molar-refractivity contribution is 5.20. The minimum atomic E-state index is 0.357. The van der Waals surface area contributed by atoms with E-state index in [1.165, 1.54) is 5.56 Å². The average Bonchev–Trinajstić information content (AvgIpc) is 2.85. The van der Waals surface area contributed by atoms with Gasteiger partial charge in [0.2, 0.25) is 0 Å². The van der Waals surface area contributed by atoms with Gasteiger partial charge in [0.1, 0.15) is 5.82 Å². The van der Waals surface area contributed by atoms with Gasteiger partial charge in [0, 0.05) is 37.8 Å². The summed E-state index contributed by atoms with van der Waals surface area (Å²) in [6, 6.07) is 10.5. The first-order chi connectivity index (χ1) is 8.85. The van der Waals surface area contributed by atoms with Crippen molar-refractivity contribution in [2.75, 3.05) is 6.54 Å². The van der Waals surface area contributed by atoms with E-state index >= 15 is 0 Å². The SMILES string of the molecule is CCCc1nccn1CC(CN)c1ccccc1. The summed E-state index contributed by atoms with van der Waals surface area (Å²) in [7, 11) is 0. The van der Waals surface area contributed by atoms with Crippen molar-refractivity contribution in [3.05, 3.63) is 54.1 Å². The maximum Gasteiger partial charge on any atom is 0.108 e. The van der Waals surface area contributed by atoms with E-state index in [4.69, 9.17) is 5.73 Å². The van der Waals surface area contributed by atoms with Gasteiger partial charge in [-0.2, -0.15) is 0 Å². The molecule has 3 heteroatoms. The highest BCUT2D eigenvalue weighted by Crippen LogP contribution is 2.17. The van der Waals surface area contributed by atoms with Crippen molar-refractivity contribution >= 4 is 0 Å². The largest absolute Gasteiger partial charge is 0.334 e. The normalized spacial score (nSPS) is 12.6. The maximum atomic E-state index is 5.91. The number of nitrogens with two attached hydrogens (primary N) is 1. The fourth-order valence-electron chi connectivity index (χ4n) is 2.24. The van der Waals surface area contributed by atoms with Gasteiger partial charge in [-0.15, -0.1) is 0 Å². The van der Waals surface area contributed by atoms with Crippen LogP contribution in [0.15, 0.2) is 42.7 Å². The molecule has 1 atom stereocenters. The molecule has 0 amide bonds. The van der Waals surface area contributed by atoms with Crippen LogP contribution in [-0.2, 0) is 13.0 Å². The molecule has 0 bridgehead atoms. The van der Waals surface area contributed by atoms with E-state index in [1.54, 1.807) is 0 Å². The van der Waals surface area contributed by atoms with E-state index in [-0.39, 0.29) is 0 Å². The molecule has 3 nitrogen and oxygen atoms in total. The molecule has 1 aromatic heterocycles. The Morgan fingerprint density at radius 1 is 1.28 bits per heavy atom. The second-order valence-electron chi connectivity index (χ2n) is 4.59. The van der Waals surface area contributed by atoms with Crippen molar-refractivity contribution in [1.82, 2.24) is 9.55 Å². The molecule has 0 radical (unpaired) electrons. The van der Waals surface area contributed by atoms with E-state index in [1.807, 2.05) is 12.3 Å². The highest BCUT2D eigenvalue weighted by Gasteiger charge is 2.12. The zero-order valence-electron chi connectivity index (χ0n) is 10.9. The van der Waals surface area contributed by atoms with Crippen LogP contribution in [0.1, 0.15) is 30.7 Å². The average molecular weight is 243 g/mol. The number of hydrogen-bond acceptors (Lipinski definition) is 2. The van der Waals surface area contributed by atoms with E-state index in [0.29, 0.717) is 12.5 Å². The number of hydrogen-bond donors (Lipinski definition) is 1. The van der Waals surface area contributed by atoms with Crippen LogP contribution in [0.5, 0.6) is 0 Å². The fourth-order valence-corrected chi connectivity index (χ4v) is 2.24. The molecule has 0 saturated heterocycles. The quantitative estimate of drug-likeness (QED) is 0.847. The van der Waals surface area contributed by atoms with Crippen LogP contribution < -0.4 is 5.73 Å². The summed E-state index contributed by atoms with van der Waals surface area (Å²) in [6.45, 7) is 3.75. The van der Waals surface area contributed by atoms with Crippen molar-refractivity contribution in [2.24, 2.45) is 5.73 Å². The Hall–Kier alpha value is -1.61. The first-order valence-electron chi connectivity index (χ1n) is 6.60. The van der Waals surface area contributed by atoms with E-state index in [2.05, 4.69) is 46.9 Å². The van der Waals surface area contributed by atoms with Crippen LogP contribution >= 0.6 is 0 Å². The minimum Gasteiger partial charge on any atom is -0.334 e. The van der Waals surface area contributed by atoms with Crippen LogP contribution in [0.3, 0.4) is 0 Å². The Morgan fingerprint density at radius 3 is 2.72 bits per heavy atom. The van der Waals surface area contributed by atoms with Crippen LogP contribution in [0.2, 0.25) is 0 Å². The molecular formula is C15H21N3. The second-order valence-corrected chi connectivity index (χ2v) is 4.59. The van der Waals surface area contributed by atoms with Crippen LogP contribution in [0, 0.1) is 0 Å². The molecule has 2 aromatic rings. The molecule has 0 aliphatic carbocycles. The molecule has 2 N–H and O–H groups in total. The van der Waals surface area contributed by atoms with Gasteiger partial charge in [-0.05, 0) is 12.0 Å². The topological polar surface area (TPSA) is 43.8 Å². The lowest BCUT2D eigenvalue weighted by molar-refractivity contribution is 0.544. The van der Waals surface area contributed by atoms with E-state index in [0.717, 1.165) is 25.2 Å². The summed E-state index contributed by atoms with van der Waals surface area (Å²) in [6.07, 6.45) is 6.08. The Kier molecular flexibility index (Phi) is 4.53. The van der Waals surface area contributed by atoms with Gasteiger partial charge in [0.05, 0.1) is 0 Å². The third-order valence-corrected chi connectivity index (χ3v) is 3.25. The summed E-state index contributed by atoms with van der Waals surface area (Å²) in [5.41, 5.74) is 7.21. The molecule has 0 saturated carbocycles. The van der Waals surface area contributed by atoms with Crippen molar-refractivity contribution in [3.63, 3.8) is 0 Å². The number of aromatic nitrogens is 2. The smallest absolute Gasteiger partial charge is 0.108 e. The summed E-state index contributed by atoms with van der Waals surface area (Å²) in [5.74, 6) is 1.52. The summed E-state index contributed by atoms with van der Waals surface area (Å²) in [4.78, 5) is 4.41. The van der Waals surface area contributed by atoms with Crippen molar-refractivity contribution in [3.8, 4) is 0 Å². The second kappa shape index (κ2) is 6.36. The number of aryl methyl sites for hydroxylation is 1. The Balaban J connectivity index is 2.13. The zero-order chi connectivity index (χ0) is 12.8. The van der Waals surface area contributed by atoms with Gasteiger partial charge in [0.15, 0.2) is 0 Å². The van der Waals surface area contributed by atoms with Gasteiger partial charge in [-0.25, -0.2) is 4.98 Å². The Labute approximate surface area is 109 Å². The Morgan fingerprint density at radius 2 is 2.06 bits per heavy atom. The van der Waals surface area contributed by atoms with E-state index in [9.17, 15) is 0 Å². The molecule has 0 aliphatic heterocycles. The van der Waals surface area contributed by atoms with Gasteiger partial charge < -0.3 is 10.3 Å². The molecule has 18 heavy (non-hydrogen) atoms. The molecule has 1 heterocycles. The summed E-state index contributed by atoms with van der Waals surface area (Å²) in [5, 5.41) is 0. The van der Waals surface area contributed by atoms with Crippen LogP contribution in [0.25, 0.3) is 0 Å². The maximum absolute atomic E-state index is 5.91. The lowest BCUT2D eigenvalue weighted by Gasteiger charge is -2.17. The molecule has 0 fully saturated rings. The summed E-state index contributed by atoms with van der Waals surface area (Å²) < 4.78 is 2.23. The van der Waals surface area contributed by atoms with Crippen LogP contribution in [0.4, 0.5) is 0 Å². The van der Waals surface area contributed by atoms with Crippen molar-refractivity contribution in [2.45, 2.75) is 32.2 Å². The molecule has 2 rings (SSSR count). The lowest BCUT2D eigenvalue weighted by Crippen LogP contribution is -2.19. The number of benzene rings is 1. The number of nitrogens with zero attached hydrogens (tertiary/aromatic N) is 2. The molecule has 96 valence electrons. The summed E-state index contributed by atoms with van der Waals surface area (Å²) >= 11 is 0. The van der Waals surface area contributed by atoms with Crippen LogP contribution in [-0.4, -0.2) is 16.1 Å². The molecular weight excluding hydrogens is 222 g/mol. The fraction of sp³-hybridized carbons (Fsp3) is 0.400.